The third-order valence-electron chi connectivity index (χ3n) is 5.34. The van der Waals surface area contributed by atoms with Crippen LogP contribution >= 0.6 is 11.3 Å². The Bertz CT molecular complexity index is 981. The summed E-state index contributed by atoms with van der Waals surface area (Å²) < 4.78 is 0. The number of anilines is 1. The summed E-state index contributed by atoms with van der Waals surface area (Å²) >= 11 is 1.41. The topological polar surface area (TPSA) is 120 Å². The van der Waals surface area contributed by atoms with Crippen LogP contribution in [0.1, 0.15) is 76.2 Å². The second-order valence-electron chi connectivity index (χ2n) is 8.82. The van der Waals surface area contributed by atoms with Crippen LogP contribution in [0.3, 0.4) is 0 Å². The van der Waals surface area contributed by atoms with E-state index in [1.54, 1.807) is 7.05 Å². The van der Waals surface area contributed by atoms with Gasteiger partial charge in [-0.25, -0.2) is 5.06 Å². The van der Waals surface area contributed by atoms with Crippen LogP contribution in [0.2, 0.25) is 0 Å². The lowest BCUT2D eigenvalue weighted by Gasteiger charge is -2.16. The molecule has 9 nitrogen and oxygen atoms in total. The Hall–Kier alpha value is -2.43. The third kappa shape index (κ3) is 4.97. The normalized spacial score (nSPS) is 16.3. The first kappa shape index (κ1) is 24.2. The van der Waals surface area contributed by atoms with Gasteiger partial charge < -0.3 is 15.7 Å². The molecule has 0 aliphatic carbocycles. The molecule has 32 heavy (non-hydrogen) atoms. The zero-order chi connectivity index (χ0) is 23.6. The minimum atomic E-state index is -0.744. The molecule has 0 bridgehead atoms. The van der Waals surface area contributed by atoms with E-state index in [9.17, 15) is 14.7 Å². The second kappa shape index (κ2) is 10.0. The molecule has 10 heteroatoms. The Morgan fingerprint density at radius 3 is 2.59 bits per heavy atom. The van der Waals surface area contributed by atoms with Crippen molar-refractivity contribution in [3.8, 4) is 0 Å². The van der Waals surface area contributed by atoms with E-state index in [-0.39, 0.29) is 25.0 Å². The number of aryl methyl sites for hydroxylation is 1. The molecule has 2 amide bonds. The first-order chi connectivity index (χ1) is 15.1. The van der Waals surface area contributed by atoms with Gasteiger partial charge in [0.1, 0.15) is 17.7 Å². The molecule has 1 atom stereocenters. The quantitative estimate of drug-likeness (QED) is 0.478. The summed E-state index contributed by atoms with van der Waals surface area (Å²) in [6.45, 7) is 11.1. The maximum Gasteiger partial charge on any atom is 0.279 e. The van der Waals surface area contributed by atoms with Crippen LogP contribution in [0.5, 0.6) is 0 Å². The number of nitrogens with zero attached hydrogens (tertiary/aromatic N) is 2. The van der Waals surface area contributed by atoms with Crippen molar-refractivity contribution in [3.05, 3.63) is 33.0 Å². The molecule has 1 fully saturated rings. The molecule has 3 heterocycles. The number of carbonyl (C=O) groups excluding carboxylic acids is 2. The number of H-pyrrole nitrogens is 1. The number of nitrogens with one attached hydrogen (secondary N) is 3. The van der Waals surface area contributed by atoms with Crippen molar-refractivity contribution in [1.29, 1.82) is 0 Å². The SMILES string of the molecule is CNC(=O)c1c(NCC(C)C)sc(Cc2c(C(C)C)n[nH]c2C)c1C(=O)N1C[C@H](O)CO1. The molecule has 0 spiro atoms. The minimum absolute atomic E-state index is 0.0529. The van der Waals surface area contributed by atoms with Crippen molar-refractivity contribution in [2.45, 2.75) is 53.1 Å². The Kier molecular flexibility index (Phi) is 7.58. The summed E-state index contributed by atoms with van der Waals surface area (Å²) in [4.78, 5) is 32.6. The Labute approximate surface area is 192 Å². The molecule has 1 saturated heterocycles. The molecule has 0 aromatic carbocycles. The largest absolute Gasteiger partial charge is 0.389 e. The highest BCUT2D eigenvalue weighted by atomic mass is 32.1. The molecule has 3 rings (SSSR count). The molecule has 0 unspecified atom stereocenters. The Balaban J connectivity index is 2.13. The number of aliphatic hydroxyl groups is 1. The first-order valence-electron chi connectivity index (χ1n) is 10.9. The van der Waals surface area contributed by atoms with Gasteiger partial charge >= 0.3 is 0 Å². The molecular formula is C22H33N5O4S. The van der Waals surface area contributed by atoms with Crippen LogP contribution in [-0.4, -0.2) is 65.0 Å². The lowest BCUT2D eigenvalue weighted by Crippen LogP contribution is -2.31. The summed E-state index contributed by atoms with van der Waals surface area (Å²) in [6, 6.07) is 0. The van der Waals surface area contributed by atoms with Gasteiger partial charge in [-0.1, -0.05) is 27.7 Å². The second-order valence-corrected chi connectivity index (χ2v) is 9.92. The summed E-state index contributed by atoms with van der Waals surface area (Å²) in [5.41, 5.74) is 3.53. The van der Waals surface area contributed by atoms with E-state index < -0.39 is 12.0 Å². The number of aromatic nitrogens is 2. The maximum absolute atomic E-state index is 13.5. The van der Waals surface area contributed by atoms with Crippen molar-refractivity contribution in [2.75, 3.05) is 32.1 Å². The van der Waals surface area contributed by atoms with Crippen molar-refractivity contribution in [2.24, 2.45) is 5.92 Å². The van der Waals surface area contributed by atoms with Gasteiger partial charge in [0.2, 0.25) is 0 Å². The number of carbonyl (C=O) groups is 2. The fraction of sp³-hybridized carbons (Fsp3) is 0.591. The standard InChI is InChI=1S/C22H33N5O4S/c1-11(2)8-24-21-18(20(29)23-6)17(22(30)27-9-14(28)10-31-27)16(32-21)7-15-13(5)25-26-19(15)12(3)4/h11-12,14,24,28H,7-10H2,1-6H3,(H,23,29)(H,25,26)/t14-/m0/s1. The highest BCUT2D eigenvalue weighted by Crippen LogP contribution is 2.38. The number of aliphatic hydroxyl groups excluding tert-OH is 1. The molecule has 176 valence electrons. The molecule has 0 saturated carbocycles. The number of rotatable bonds is 8. The summed E-state index contributed by atoms with van der Waals surface area (Å²) in [5, 5.41) is 25.2. The van der Waals surface area contributed by atoms with Gasteiger partial charge in [-0.2, -0.15) is 5.10 Å². The van der Waals surface area contributed by atoms with E-state index in [1.165, 1.54) is 11.3 Å². The number of amides is 2. The van der Waals surface area contributed by atoms with Crippen molar-refractivity contribution in [3.63, 3.8) is 0 Å². The molecule has 4 N–H and O–H groups in total. The van der Waals surface area contributed by atoms with Crippen molar-refractivity contribution in [1.82, 2.24) is 20.6 Å². The number of β-amino-alcohol motifs (C(OH)–C–C–N with tert-alkyl or cyclic N) is 1. The van der Waals surface area contributed by atoms with Gasteiger partial charge in [-0.15, -0.1) is 11.3 Å². The van der Waals surface area contributed by atoms with Crippen molar-refractivity contribution >= 4 is 28.2 Å². The number of hydrogen-bond acceptors (Lipinski definition) is 7. The predicted octanol–water partition coefficient (Wildman–Crippen LogP) is 2.67. The number of thiophene rings is 1. The highest BCUT2D eigenvalue weighted by molar-refractivity contribution is 7.17. The zero-order valence-electron chi connectivity index (χ0n) is 19.5. The molecule has 2 aromatic heterocycles. The average molecular weight is 464 g/mol. The first-order valence-corrected chi connectivity index (χ1v) is 11.7. The molecule has 2 aromatic rings. The van der Waals surface area contributed by atoms with Crippen LogP contribution in [0.25, 0.3) is 0 Å². The van der Waals surface area contributed by atoms with Crippen LogP contribution in [0.4, 0.5) is 5.00 Å². The van der Waals surface area contributed by atoms with Crippen LogP contribution in [0, 0.1) is 12.8 Å². The van der Waals surface area contributed by atoms with E-state index in [0.717, 1.165) is 26.9 Å². The van der Waals surface area contributed by atoms with Crippen molar-refractivity contribution < 1.29 is 19.5 Å². The van der Waals surface area contributed by atoms with Gasteiger partial charge in [0.25, 0.3) is 11.8 Å². The minimum Gasteiger partial charge on any atom is -0.389 e. The predicted molar refractivity (Wildman–Crippen MR) is 124 cm³/mol. The van der Waals surface area contributed by atoms with Gasteiger partial charge in [-0.3, -0.25) is 19.5 Å². The summed E-state index contributed by atoms with van der Waals surface area (Å²) in [5.74, 6) is -0.188. The molecule has 1 aliphatic rings. The fourth-order valence-electron chi connectivity index (χ4n) is 3.66. The smallest absolute Gasteiger partial charge is 0.279 e. The van der Waals surface area contributed by atoms with E-state index in [1.807, 2.05) is 6.92 Å². The lowest BCUT2D eigenvalue weighted by atomic mass is 9.98. The van der Waals surface area contributed by atoms with E-state index >= 15 is 0 Å². The van der Waals surface area contributed by atoms with Gasteiger partial charge in [-0.05, 0) is 18.8 Å². The molecular weight excluding hydrogens is 430 g/mol. The van der Waals surface area contributed by atoms with Gasteiger partial charge in [0, 0.05) is 36.1 Å². The number of hydrogen-bond donors (Lipinski definition) is 4. The monoisotopic (exact) mass is 463 g/mol. The third-order valence-corrected chi connectivity index (χ3v) is 6.48. The van der Waals surface area contributed by atoms with Crippen LogP contribution in [-0.2, 0) is 11.3 Å². The van der Waals surface area contributed by atoms with E-state index in [0.29, 0.717) is 35.0 Å². The Morgan fingerprint density at radius 2 is 2.03 bits per heavy atom. The van der Waals surface area contributed by atoms with Crippen LogP contribution < -0.4 is 10.6 Å². The summed E-state index contributed by atoms with van der Waals surface area (Å²) in [7, 11) is 1.55. The van der Waals surface area contributed by atoms with E-state index in [2.05, 4.69) is 48.5 Å². The van der Waals surface area contributed by atoms with Crippen LogP contribution in [0.15, 0.2) is 0 Å². The Morgan fingerprint density at radius 1 is 1.31 bits per heavy atom. The number of aromatic amines is 1. The highest BCUT2D eigenvalue weighted by Gasteiger charge is 2.35. The number of hydroxylamine groups is 2. The van der Waals surface area contributed by atoms with Gasteiger partial charge in [0.15, 0.2) is 0 Å². The summed E-state index contributed by atoms with van der Waals surface area (Å²) in [6.07, 6.45) is -0.280. The fourth-order valence-corrected chi connectivity index (χ4v) is 4.87. The lowest BCUT2D eigenvalue weighted by molar-refractivity contribution is -0.0780. The zero-order valence-corrected chi connectivity index (χ0v) is 20.4. The maximum atomic E-state index is 13.5. The van der Waals surface area contributed by atoms with E-state index in [4.69, 9.17) is 4.84 Å². The average Bonchev–Trinajstić information content (AvgIpc) is 3.43. The van der Waals surface area contributed by atoms with Gasteiger partial charge in [0.05, 0.1) is 23.4 Å². The molecule has 0 radical (unpaired) electrons. The molecule has 1 aliphatic heterocycles.